The topological polar surface area (TPSA) is 90.5 Å². The molecule has 1 aliphatic rings. The average Bonchev–Trinajstić information content (AvgIpc) is 2.67. The van der Waals surface area contributed by atoms with Gasteiger partial charge in [-0.1, -0.05) is 36.0 Å². The molecule has 0 amide bonds. The van der Waals surface area contributed by atoms with Crippen LogP contribution >= 0.6 is 11.8 Å². The zero-order chi connectivity index (χ0) is 20.1. The summed E-state index contributed by atoms with van der Waals surface area (Å²) < 4.78 is 29.0. The van der Waals surface area contributed by atoms with E-state index in [0.29, 0.717) is 5.17 Å². The summed E-state index contributed by atoms with van der Waals surface area (Å²) in [4.78, 5) is 24.9. The molecule has 148 valence electrons. The maximum absolute atomic E-state index is 12.5. The van der Waals surface area contributed by atoms with Gasteiger partial charge in [0.25, 0.3) is 6.43 Å². The molecule has 6 nitrogen and oxygen atoms in total. The number of halogens is 2. The Morgan fingerprint density at radius 3 is 2.86 bits per heavy atom. The fourth-order valence-electron chi connectivity index (χ4n) is 2.87. The lowest BCUT2D eigenvalue weighted by Crippen LogP contribution is -2.28. The number of hydrogen-bond donors (Lipinski definition) is 1. The molecule has 1 aromatic heterocycles. The molecule has 0 unspecified atom stereocenters. The molecule has 3 rings (SSSR count). The molecular weight excluding hydrogens is 386 g/mol. The molecule has 0 fully saturated rings. The van der Waals surface area contributed by atoms with Gasteiger partial charge in [0.2, 0.25) is 5.88 Å². The van der Waals surface area contributed by atoms with Crippen LogP contribution in [0.15, 0.2) is 41.7 Å². The van der Waals surface area contributed by atoms with E-state index < -0.39 is 18.6 Å². The molecule has 0 spiro atoms. The SMILES string of the molecule is C[C@@]1(c2cccc(CC(=O)c3cnc(OCC(F)F)cn3)c2)CCSC(N)=N1. The molecule has 2 N–H and O–H groups in total. The molecule has 0 radical (unpaired) electrons. The van der Waals surface area contributed by atoms with E-state index in [9.17, 15) is 13.6 Å². The van der Waals surface area contributed by atoms with Crippen LogP contribution in [0.1, 0.15) is 35.0 Å². The minimum Gasteiger partial charge on any atom is -0.470 e. The summed E-state index contributed by atoms with van der Waals surface area (Å²) in [7, 11) is 0. The molecule has 9 heteroatoms. The number of ketones is 1. The van der Waals surface area contributed by atoms with Crippen molar-refractivity contribution in [1.29, 1.82) is 0 Å². The normalized spacial score (nSPS) is 19.4. The van der Waals surface area contributed by atoms with Crippen LogP contribution in [-0.4, -0.2) is 39.7 Å². The van der Waals surface area contributed by atoms with Crippen molar-refractivity contribution in [2.45, 2.75) is 31.7 Å². The first-order valence-electron chi connectivity index (χ1n) is 8.69. The summed E-state index contributed by atoms with van der Waals surface area (Å²) in [6, 6.07) is 7.69. The molecule has 28 heavy (non-hydrogen) atoms. The first-order valence-corrected chi connectivity index (χ1v) is 9.68. The van der Waals surface area contributed by atoms with E-state index in [-0.39, 0.29) is 23.8 Å². The number of amidine groups is 1. The maximum Gasteiger partial charge on any atom is 0.272 e. The molecule has 1 aromatic carbocycles. The van der Waals surface area contributed by atoms with Gasteiger partial charge in [-0.25, -0.2) is 18.7 Å². The molecule has 1 aliphatic heterocycles. The zero-order valence-electron chi connectivity index (χ0n) is 15.3. The third-order valence-electron chi connectivity index (χ3n) is 4.38. The standard InChI is InChI=1S/C19H20F2N4O2S/c1-19(5-6-28-18(22)25-19)13-4-2-3-12(7-13)8-15(26)14-9-24-17(10-23-14)27-11-16(20)21/h2-4,7,9-10,16H,5-6,8,11H2,1H3,(H2,22,25)/t19-/m0/s1. The average molecular weight is 406 g/mol. The Morgan fingerprint density at radius 1 is 1.36 bits per heavy atom. The van der Waals surface area contributed by atoms with Crippen LogP contribution in [0.5, 0.6) is 5.88 Å². The molecule has 0 saturated heterocycles. The molecule has 2 heterocycles. The van der Waals surface area contributed by atoms with Gasteiger partial charge in [0, 0.05) is 12.2 Å². The van der Waals surface area contributed by atoms with E-state index >= 15 is 0 Å². The first kappa shape index (κ1) is 20.2. The van der Waals surface area contributed by atoms with Crippen molar-refractivity contribution in [3.8, 4) is 5.88 Å². The van der Waals surface area contributed by atoms with Gasteiger partial charge in [-0.15, -0.1) is 0 Å². The van der Waals surface area contributed by atoms with Gasteiger partial charge in [0.1, 0.15) is 5.69 Å². The van der Waals surface area contributed by atoms with Crippen molar-refractivity contribution < 1.29 is 18.3 Å². The summed E-state index contributed by atoms with van der Waals surface area (Å²) in [6.45, 7) is 1.27. The molecule has 0 aliphatic carbocycles. The van der Waals surface area contributed by atoms with Gasteiger partial charge in [-0.05, 0) is 24.5 Å². The van der Waals surface area contributed by atoms with Crippen LogP contribution in [0.4, 0.5) is 8.78 Å². The molecular formula is C19H20F2N4O2S. The third-order valence-corrected chi connectivity index (χ3v) is 5.18. The predicted molar refractivity (Wildman–Crippen MR) is 104 cm³/mol. The summed E-state index contributed by atoms with van der Waals surface area (Å²) in [5.41, 5.74) is 7.46. The van der Waals surface area contributed by atoms with Gasteiger partial charge in [0.05, 0.1) is 17.9 Å². The molecule has 0 bridgehead atoms. The minimum absolute atomic E-state index is 0.0441. The predicted octanol–water partition coefficient (Wildman–Crippen LogP) is 3.21. The van der Waals surface area contributed by atoms with Crippen LogP contribution in [0, 0.1) is 0 Å². The van der Waals surface area contributed by atoms with Crippen LogP contribution in [0.3, 0.4) is 0 Å². The highest BCUT2D eigenvalue weighted by Gasteiger charge is 2.29. The third kappa shape index (κ3) is 5.03. The zero-order valence-corrected chi connectivity index (χ0v) is 16.1. The van der Waals surface area contributed by atoms with Crippen LogP contribution < -0.4 is 10.5 Å². The van der Waals surface area contributed by atoms with Crippen molar-refractivity contribution >= 4 is 22.7 Å². The lowest BCUT2D eigenvalue weighted by molar-refractivity contribution is 0.0792. The van der Waals surface area contributed by atoms with E-state index in [0.717, 1.165) is 23.3 Å². The summed E-state index contributed by atoms with van der Waals surface area (Å²) in [5.74, 6) is 0.625. The number of thioether (sulfide) groups is 1. The number of aliphatic imine (C=N–C) groups is 1. The minimum atomic E-state index is -2.60. The monoisotopic (exact) mass is 406 g/mol. The second-order valence-electron chi connectivity index (χ2n) is 6.56. The lowest BCUT2D eigenvalue weighted by atomic mass is 9.88. The number of rotatable bonds is 7. The number of carbonyl (C=O) groups is 1. The summed E-state index contributed by atoms with van der Waals surface area (Å²) in [5, 5.41) is 0.569. The first-order chi connectivity index (χ1) is 13.4. The van der Waals surface area contributed by atoms with E-state index in [2.05, 4.69) is 15.0 Å². The Morgan fingerprint density at radius 2 is 2.18 bits per heavy atom. The fourth-order valence-corrected chi connectivity index (χ4v) is 3.84. The second-order valence-corrected chi connectivity index (χ2v) is 7.68. The Balaban J connectivity index is 1.70. The van der Waals surface area contributed by atoms with Crippen molar-refractivity contribution in [3.63, 3.8) is 0 Å². The maximum atomic E-state index is 12.5. The van der Waals surface area contributed by atoms with Crippen molar-refractivity contribution in [3.05, 3.63) is 53.5 Å². The number of alkyl halides is 2. The molecule has 0 saturated carbocycles. The number of Topliss-reactive ketones (excluding diaryl/α,β-unsaturated/α-hetero) is 1. The van der Waals surface area contributed by atoms with Gasteiger partial charge in [-0.3, -0.25) is 9.79 Å². The van der Waals surface area contributed by atoms with Gasteiger partial charge in [-0.2, -0.15) is 0 Å². The molecule has 2 aromatic rings. The number of carbonyl (C=O) groups excluding carboxylic acids is 1. The van der Waals surface area contributed by atoms with E-state index in [1.165, 1.54) is 24.2 Å². The number of nitrogens with two attached hydrogens (primary N) is 1. The number of benzene rings is 1. The van der Waals surface area contributed by atoms with E-state index in [4.69, 9.17) is 10.5 Å². The van der Waals surface area contributed by atoms with E-state index in [1.807, 2.05) is 31.2 Å². The summed E-state index contributed by atoms with van der Waals surface area (Å²) >= 11 is 1.54. The van der Waals surface area contributed by atoms with Crippen molar-refractivity contribution in [2.24, 2.45) is 10.7 Å². The fraction of sp³-hybridized carbons (Fsp3) is 0.368. The van der Waals surface area contributed by atoms with Crippen LogP contribution in [0.2, 0.25) is 0 Å². The van der Waals surface area contributed by atoms with Gasteiger partial charge >= 0.3 is 0 Å². The number of aromatic nitrogens is 2. The highest BCUT2D eigenvalue weighted by Crippen LogP contribution is 2.35. The Bertz CT molecular complexity index is 876. The Labute approximate surface area is 165 Å². The number of ether oxygens (including phenoxy) is 1. The van der Waals surface area contributed by atoms with Gasteiger partial charge < -0.3 is 10.5 Å². The Kier molecular flexibility index (Phi) is 6.23. The van der Waals surface area contributed by atoms with Crippen LogP contribution in [-0.2, 0) is 12.0 Å². The second kappa shape index (κ2) is 8.64. The lowest BCUT2D eigenvalue weighted by Gasteiger charge is -2.30. The number of hydrogen-bond acceptors (Lipinski definition) is 7. The quantitative estimate of drug-likeness (QED) is 0.710. The molecule has 1 atom stereocenters. The highest BCUT2D eigenvalue weighted by molar-refractivity contribution is 8.13. The smallest absolute Gasteiger partial charge is 0.272 e. The Hall–Kier alpha value is -2.55. The van der Waals surface area contributed by atoms with Crippen molar-refractivity contribution in [1.82, 2.24) is 9.97 Å². The largest absolute Gasteiger partial charge is 0.470 e. The van der Waals surface area contributed by atoms with Crippen molar-refractivity contribution in [2.75, 3.05) is 12.4 Å². The highest BCUT2D eigenvalue weighted by atomic mass is 32.2. The van der Waals surface area contributed by atoms with Gasteiger partial charge in [0.15, 0.2) is 17.6 Å². The van der Waals surface area contributed by atoms with E-state index in [1.54, 1.807) is 0 Å². The number of nitrogens with zero attached hydrogens (tertiary/aromatic N) is 3. The summed E-state index contributed by atoms with van der Waals surface area (Å²) in [6.07, 6.45) is 0.812. The van der Waals surface area contributed by atoms with Crippen LogP contribution in [0.25, 0.3) is 0 Å².